The second kappa shape index (κ2) is 5.75. The van der Waals surface area contributed by atoms with Gasteiger partial charge in [0.2, 0.25) is 5.82 Å². The summed E-state index contributed by atoms with van der Waals surface area (Å²) < 4.78 is 8.03. The number of methoxy groups -OCH3 is 1. The molecule has 3 aromatic rings. The normalized spacial score (nSPS) is 12.6. The molecule has 0 amide bonds. The van der Waals surface area contributed by atoms with Crippen LogP contribution >= 0.6 is 27.3 Å². The Morgan fingerprint density at radius 1 is 1.46 bits per heavy atom. The lowest BCUT2D eigenvalue weighted by Crippen LogP contribution is -2.16. The van der Waals surface area contributed by atoms with Gasteiger partial charge in [-0.15, -0.1) is 11.3 Å². The Labute approximate surface area is 150 Å². The van der Waals surface area contributed by atoms with Crippen LogP contribution in [0.3, 0.4) is 0 Å². The molecule has 0 unspecified atom stereocenters. The van der Waals surface area contributed by atoms with Gasteiger partial charge in [0.1, 0.15) is 11.4 Å². The van der Waals surface area contributed by atoms with Crippen LogP contribution in [-0.4, -0.2) is 27.7 Å². The van der Waals surface area contributed by atoms with Crippen molar-refractivity contribution in [3.63, 3.8) is 0 Å². The Morgan fingerprint density at radius 3 is 2.96 bits per heavy atom. The van der Waals surface area contributed by atoms with Crippen molar-refractivity contribution in [3.05, 3.63) is 45.5 Å². The van der Waals surface area contributed by atoms with Crippen molar-refractivity contribution < 1.29 is 14.6 Å². The number of hydrogen-bond donors (Lipinski definition) is 1. The molecular weight excluding hydrogens is 392 g/mol. The molecule has 0 fully saturated rings. The van der Waals surface area contributed by atoms with Crippen molar-refractivity contribution in [2.45, 2.75) is 13.0 Å². The van der Waals surface area contributed by atoms with Gasteiger partial charge in [-0.05, 0) is 51.5 Å². The summed E-state index contributed by atoms with van der Waals surface area (Å²) in [6.45, 7) is 0.590. The first kappa shape index (κ1) is 15.4. The first-order valence-electron chi connectivity index (χ1n) is 7.34. The highest BCUT2D eigenvalue weighted by Crippen LogP contribution is 2.42. The smallest absolute Gasteiger partial charge is 0.372 e. The summed E-state index contributed by atoms with van der Waals surface area (Å²) in [6.07, 6.45) is 0.743. The largest absolute Gasteiger partial charge is 0.496 e. The number of benzene rings is 1. The minimum atomic E-state index is -1.00. The number of aromatic nitrogens is 2. The van der Waals surface area contributed by atoms with Crippen LogP contribution in [0.4, 0.5) is 0 Å². The van der Waals surface area contributed by atoms with Crippen LogP contribution in [0.1, 0.15) is 16.2 Å². The fourth-order valence-electron chi connectivity index (χ4n) is 3.10. The lowest BCUT2D eigenvalue weighted by atomic mass is 9.96. The molecule has 4 rings (SSSR count). The van der Waals surface area contributed by atoms with Gasteiger partial charge in [0, 0.05) is 12.1 Å². The topological polar surface area (TPSA) is 64.3 Å². The van der Waals surface area contributed by atoms with E-state index in [0.29, 0.717) is 6.54 Å². The Hall–Kier alpha value is -2.12. The molecule has 3 heterocycles. The zero-order valence-corrected chi connectivity index (χ0v) is 15.1. The summed E-state index contributed by atoms with van der Waals surface area (Å²) in [4.78, 5) is 17.0. The summed E-state index contributed by atoms with van der Waals surface area (Å²) >= 11 is 5.08. The Bertz CT molecular complexity index is 947. The summed E-state index contributed by atoms with van der Waals surface area (Å²) in [7, 11) is 1.64. The number of aryl methyl sites for hydroxylation is 1. The summed E-state index contributed by atoms with van der Waals surface area (Å²) in [5, 5.41) is 11.5. The molecule has 0 saturated heterocycles. The third-order valence-electron chi connectivity index (χ3n) is 4.15. The number of carboxylic acid groups (broad SMARTS) is 1. The zero-order valence-electron chi connectivity index (χ0n) is 12.7. The number of imidazole rings is 1. The van der Waals surface area contributed by atoms with E-state index >= 15 is 0 Å². The van der Waals surface area contributed by atoms with Gasteiger partial charge in [-0.2, -0.15) is 0 Å². The van der Waals surface area contributed by atoms with Gasteiger partial charge in [0.15, 0.2) is 0 Å². The first-order valence-corrected chi connectivity index (χ1v) is 9.02. The molecule has 0 bridgehead atoms. The number of halogens is 1. The van der Waals surface area contributed by atoms with E-state index in [4.69, 9.17) is 4.74 Å². The molecule has 1 aromatic carbocycles. The van der Waals surface area contributed by atoms with Gasteiger partial charge in [0.05, 0.1) is 22.2 Å². The van der Waals surface area contributed by atoms with Crippen LogP contribution in [0.15, 0.2) is 34.1 Å². The number of fused-ring (bicyclic) bond motifs is 3. The van der Waals surface area contributed by atoms with Crippen molar-refractivity contribution in [3.8, 4) is 27.6 Å². The van der Waals surface area contributed by atoms with E-state index in [2.05, 4.69) is 20.9 Å². The number of ether oxygens (including phenoxy) is 1. The minimum Gasteiger partial charge on any atom is -0.496 e. The highest BCUT2D eigenvalue weighted by atomic mass is 79.9. The zero-order chi connectivity index (χ0) is 16.8. The first-order chi connectivity index (χ1) is 11.6. The van der Waals surface area contributed by atoms with Crippen LogP contribution in [0.25, 0.3) is 21.8 Å². The van der Waals surface area contributed by atoms with E-state index in [1.807, 2.05) is 29.6 Å². The van der Waals surface area contributed by atoms with Crippen LogP contribution in [0.2, 0.25) is 0 Å². The lowest BCUT2D eigenvalue weighted by Gasteiger charge is -2.21. The lowest BCUT2D eigenvalue weighted by molar-refractivity contribution is 0.0678. The van der Waals surface area contributed by atoms with Crippen molar-refractivity contribution in [1.82, 2.24) is 9.55 Å². The highest BCUT2D eigenvalue weighted by Gasteiger charge is 2.29. The van der Waals surface area contributed by atoms with Crippen LogP contribution in [-0.2, 0) is 13.0 Å². The monoisotopic (exact) mass is 404 g/mol. The molecule has 1 N–H and O–H groups in total. The third kappa shape index (κ3) is 2.27. The minimum absolute atomic E-state index is 0.0889. The fraction of sp³-hybridized carbons (Fsp3) is 0.176. The Balaban J connectivity index is 2.02. The molecule has 1 aliphatic rings. The van der Waals surface area contributed by atoms with Gasteiger partial charge in [0.25, 0.3) is 0 Å². The van der Waals surface area contributed by atoms with Crippen molar-refractivity contribution in [2.75, 3.05) is 7.11 Å². The fourth-order valence-corrected chi connectivity index (χ4v) is 4.32. The maximum Gasteiger partial charge on any atom is 0.372 e. The van der Waals surface area contributed by atoms with Crippen molar-refractivity contribution in [2.24, 2.45) is 0 Å². The van der Waals surface area contributed by atoms with Gasteiger partial charge in [-0.25, -0.2) is 9.78 Å². The van der Waals surface area contributed by atoms with Gasteiger partial charge >= 0.3 is 5.97 Å². The number of hydrogen-bond acceptors (Lipinski definition) is 4. The van der Waals surface area contributed by atoms with Crippen LogP contribution < -0.4 is 4.74 Å². The number of aromatic carboxylic acids is 1. The average molecular weight is 405 g/mol. The quantitative estimate of drug-likeness (QED) is 0.706. The molecular formula is C17H13BrN2O3S. The van der Waals surface area contributed by atoms with Crippen LogP contribution in [0, 0.1) is 0 Å². The summed E-state index contributed by atoms with van der Waals surface area (Å²) in [5.74, 6) is -0.140. The van der Waals surface area contributed by atoms with Crippen LogP contribution in [0.5, 0.6) is 5.75 Å². The van der Waals surface area contributed by atoms with Gasteiger partial charge in [-0.3, -0.25) is 0 Å². The molecule has 5 nitrogen and oxygen atoms in total. The Morgan fingerprint density at radius 2 is 2.29 bits per heavy atom. The van der Waals surface area contributed by atoms with E-state index in [1.54, 1.807) is 23.0 Å². The molecule has 0 spiro atoms. The highest BCUT2D eigenvalue weighted by molar-refractivity contribution is 9.10. The predicted molar refractivity (Wildman–Crippen MR) is 95.9 cm³/mol. The Kier molecular flexibility index (Phi) is 3.69. The van der Waals surface area contributed by atoms with E-state index in [1.165, 1.54) is 0 Å². The van der Waals surface area contributed by atoms with Crippen molar-refractivity contribution in [1.29, 1.82) is 0 Å². The molecule has 2 aromatic heterocycles. The molecule has 0 saturated carbocycles. The van der Waals surface area contributed by atoms with E-state index in [9.17, 15) is 9.90 Å². The maximum atomic E-state index is 11.6. The SMILES string of the molecule is COc1cc2c(cc1Br)-c1c(-c3cccs3)nc(C(=O)O)n1CC2. The van der Waals surface area contributed by atoms with E-state index in [0.717, 1.165) is 44.0 Å². The van der Waals surface area contributed by atoms with E-state index in [-0.39, 0.29) is 5.82 Å². The van der Waals surface area contributed by atoms with Gasteiger partial charge < -0.3 is 14.4 Å². The number of thiophene rings is 1. The number of carboxylic acids is 1. The molecule has 24 heavy (non-hydrogen) atoms. The number of rotatable bonds is 3. The predicted octanol–water partition coefficient (Wildman–Crippen LogP) is 4.30. The van der Waals surface area contributed by atoms with Crippen molar-refractivity contribution >= 4 is 33.2 Å². The second-order valence-electron chi connectivity index (χ2n) is 5.46. The molecule has 7 heteroatoms. The molecule has 1 aliphatic heterocycles. The molecule has 0 radical (unpaired) electrons. The number of nitrogens with zero attached hydrogens (tertiary/aromatic N) is 2. The average Bonchev–Trinajstić information content (AvgIpc) is 3.21. The van der Waals surface area contributed by atoms with E-state index < -0.39 is 5.97 Å². The second-order valence-corrected chi connectivity index (χ2v) is 7.26. The maximum absolute atomic E-state index is 11.6. The summed E-state index contributed by atoms with van der Waals surface area (Å²) in [6, 6.07) is 7.91. The number of carbonyl (C=O) groups is 1. The summed E-state index contributed by atoms with van der Waals surface area (Å²) in [5.41, 5.74) is 3.72. The third-order valence-corrected chi connectivity index (χ3v) is 5.65. The van der Waals surface area contributed by atoms with Gasteiger partial charge in [-0.1, -0.05) is 6.07 Å². The molecule has 122 valence electrons. The molecule has 0 aliphatic carbocycles. The molecule has 0 atom stereocenters. The standard InChI is InChI=1S/C17H13BrN2O3S/c1-23-12-7-9-4-5-20-15(10(9)8-11(12)18)14(13-3-2-6-24-13)19-16(20)17(21)22/h2-3,6-8H,4-5H2,1H3,(H,21,22).